The second-order valence-electron chi connectivity index (χ2n) is 8.56. The van der Waals surface area contributed by atoms with E-state index in [-0.39, 0.29) is 16.7 Å². The van der Waals surface area contributed by atoms with E-state index in [9.17, 15) is 9.59 Å². The number of aromatic amines is 1. The van der Waals surface area contributed by atoms with Gasteiger partial charge in [0.2, 0.25) is 0 Å². The van der Waals surface area contributed by atoms with Crippen LogP contribution in [0, 0.1) is 12.8 Å². The Hall–Kier alpha value is -1.70. The maximum absolute atomic E-state index is 12.2. The van der Waals surface area contributed by atoms with Gasteiger partial charge in [0.1, 0.15) is 6.10 Å². The molecule has 6 nitrogen and oxygen atoms in total. The van der Waals surface area contributed by atoms with Crippen LogP contribution in [0.2, 0.25) is 18.1 Å². The number of aromatic nitrogens is 2. The minimum Gasteiger partial charge on any atom is -0.414 e. The van der Waals surface area contributed by atoms with E-state index in [0.29, 0.717) is 18.1 Å². The third kappa shape index (κ3) is 4.25. The van der Waals surface area contributed by atoms with Gasteiger partial charge in [-0.2, -0.15) is 0 Å². The van der Waals surface area contributed by atoms with Crippen LogP contribution in [0.5, 0.6) is 0 Å². The Balaban J connectivity index is 2.19. The Bertz CT molecular complexity index is 848. The summed E-state index contributed by atoms with van der Waals surface area (Å²) in [6, 6.07) is 0. The highest BCUT2D eigenvalue weighted by molar-refractivity contribution is 6.74. The molecule has 150 valence electrons. The molecule has 1 aliphatic rings. The molecule has 0 saturated carbocycles. The Morgan fingerprint density at radius 1 is 1.41 bits per heavy atom. The molecule has 27 heavy (non-hydrogen) atoms. The number of rotatable bonds is 7. The van der Waals surface area contributed by atoms with E-state index in [2.05, 4.69) is 52.4 Å². The van der Waals surface area contributed by atoms with E-state index in [1.807, 2.05) is 6.08 Å². The van der Waals surface area contributed by atoms with E-state index >= 15 is 0 Å². The van der Waals surface area contributed by atoms with Crippen molar-refractivity contribution in [3.63, 3.8) is 0 Å². The largest absolute Gasteiger partial charge is 0.414 e. The van der Waals surface area contributed by atoms with Crippen molar-refractivity contribution in [1.29, 1.82) is 0 Å². The lowest BCUT2D eigenvalue weighted by Gasteiger charge is -2.43. The van der Waals surface area contributed by atoms with E-state index in [4.69, 9.17) is 9.16 Å². The number of ether oxygens (including phenoxy) is 1. The zero-order valence-electron chi connectivity index (χ0n) is 17.5. The van der Waals surface area contributed by atoms with Crippen LogP contribution in [-0.4, -0.2) is 30.6 Å². The summed E-state index contributed by atoms with van der Waals surface area (Å²) in [4.78, 5) is 26.1. The molecule has 1 aromatic heterocycles. The van der Waals surface area contributed by atoms with E-state index in [0.717, 1.165) is 5.57 Å². The Morgan fingerprint density at radius 3 is 2.59 bits per heavy atom. The molecule has 1 N–H and O–H groups in total. The van der Waals surface area contributed by atoms with Gasteiger partial charge in [0.15, 0.2) is 14.5 Å². The molecule has 0 amide bonds. The number of nitrogens with one attached hydrogen (secondary N) is 1. The fraction of sp³-hybridized carbons (Fsp3) is 0.600. The summed E-state index contributed by atoms with van der Waals surface area (Å²) in [5, 5.41) is 0.107. The zero-order valence-corrected chi connectivity index (χ0v) is 18.5. The third-order valence-electron chi connectivity index (χ3n) is 6.26. The van der Waals surface area contributed by atoms with Gasteiger partial charge in [0.05, 0.1) is 6.61 Å². The van der Waals surface area contributed by atoms with Gasteiger partial charge in [-0.05, 0) is 42.6 Å². The molecule has 0 unspecified atom stereocenters. The summed E-state index contributed by atoms with van der Waals surface area (Å²) >= 11 is 0. The van der Waals surface area contributed by atoms with Gasteiger partial charge in [0, 0.05) is 11.8 Å². The van der Waals surface area contributed by atoms with Crippen LogP contribution in [0.1, 0.15) is 39.5 Å². The molecule has 0 saturated heterocycles. The predicted molar refractivity (Wildman–Crippen MR) is 111 cm³/mol. The van der Waals surface area contributed by atoms with Crippen LogP contribution in [0.15, 0.2) is 40.1 Å². The molecule has 0 aromatic carbocycles. The molecular formula is C20H32N2O4Si. The SMILES string of the molecule is C=CC1=C[C@H](n2cc(C)c(=O)[nH]c2=O)O[C@@H]1CO[Si](C)(C)C(C)(C)C(C)C. The molecule has 2 heterocycles. The second kappa shape index (κ2) is 7.73. The van der Waals surface area contributed by atoms with Crippen LogP contribution < -0.4 is 11.2 Å². The molecule has 7 heteroatoms. The molecule has 0 bridgehead atoms. The van der Waals surface area contributed by atoms with Crippen LogP contribution in [0.25, 0.3) is 0 Å². The van der Waals surface area contributed by atoms with Crippen LogP contribution in [0.4, 0.5) is 0 Å². The van der Waals surface area contributed by atoms with Gasteiger partial charge < -0.3 is 9.16 Å². The Kier molecular flexibility index (Phi) is 6.18. The average Bonchev–Trinajstić information content (AvgIpc) is 2.99. The fourth-order valence-electron chi connectivity index (χ4n) is 2.98. The van der Waals surface area contributed by atoms with E-state index < -0.39 is 20.2 Å². The van der Waals surface area contributed by atoms with Gasteiger partial charge in [0.25, 0.3) is 5.56 Å². The van der Waals surface area contributed by atoms with Crippen molar-refractivity contribution in [3.05, 3.63) is 56.9 Å². The minimum atomic E-state index is -1.99. The van der Waals surface area contributed by atoms with Crippen molar-refractivity contribution in [2.75, 3.05) is 6.61 Å². The average molecular weight is 393 g/mol. The first kappa shape index (κ1) is 21.6. The molecular weight excluding hydrogens is 360 g/mol. The van der Waals surface area contributed by atoms with Crippen LogP contribution in [0.3, 0.4) is 0 Å². The molecule has 2 rings (SSSR count). The van der Waals surface area contributed by atoms with Gasteiger partial charge >= 0.3 is 5.69 Å². The molecule has 0 fully saturated rings. The van der Waals surface area contributed by atoms with E-state index in [1.165, 1.54) is 10.8 Å². The topological polar surface area (TPSA) is 73.3 Å². The molecule has 0 radical (unpaired) electrons. The zero-order chi connectivity index (χ0) is 20.6. The van der Waals surface area contributed by atoms with Crippen molar-refractivity contribution in [2.45, 2.75) is 65.1 Å². The summed E-state index contributed by atoms with van der Waals surface area (Å²) in [5.74, 6) is 0.508. The number of aryl methyl sites for hydroxylation is 1. The van der Waals surface area contributed by atoms with Crippen molar-refractivity contribution >= 4 is 8.32 Å². The summed E-state index contributed by atoms with van der Waals surface area (Å²) in [5.41, 5.74) is 0.472. The smallest absolute Gasteiger partial charge is 0.330 e. The van der Waals surface area contributed by atoms with Crippen molar-refractivity contribution in [1.82, 2.24) is 9.55 Å². The molecule has 2 atom stereocenters. The van der Waals surface area contributed by atoms with Gasteiger partial charge in [-0.3, -0.25) is 14.3 Å². The van der Waals surface area contributed by atoms with Gasteiger partial charge in [-0.1, -0.05) is 40.3 Å². The standard InChI is InChI=1S/C20H32N2O4Si/c1-9-15-10-17(22-11-14(4)18(23)21-19(22)24)26-16(15)12-25-27(7,8)20(5,6)13(2)3/h9-11,13,16-17H,1,12H2,2-8H3,(H,21,23,24)/t16-,17-/m1/s1. The lowest BCUT2D eigenvalue weighted by molar-refractivity contribution is -0.0108. The molecule has 0 aliphatic carbocycles. The summed E-state index contributed by atoms with van der Waals surface area (Å²) in [6.45, 7) is 19.4. The normalized spacial score (nSPS) is 20.8. The van der Waals surface area contributed by atoms with Crippen molar-refractivity contribution in [2.24, 2.45) is 5.92 Å². The lowest BCUT2D eigenvalue weighted by Crippen LogP contribution is -2.46. The lowest BCUT2D eigenvalue weighted by atomic mass is 9.99. The first-order valence-electron chi connectivity index (χ1n) is 9.36. The van der Waals surface area contributed by atoms with E-state index in [1.54, 1.807) is 13.0 Å². The highest BCUT2D eigenvalue weighted by Crippen LogP contribution is 2.45. The Morgan fingerprint density at radius 2 is 2.04 bits per heavy atom. The quantitative estimate of drug-likeness (QED) is 0.721. The monoisotopic (exact) mass is 392 g/mol. The summed E-state index contributed by atoms with van der Waals surface area (Å²) in [7, 11) is -1.99. The van der Waals surface area contributed by atoms with Crippen LogP contribution >= 0.6 is 0 Å². The first-order chi connectivity index (χ1) is 12.4. The number of hydrogen-bond donors (Lipinski definition) is 1. The summed E-state index contributed by atoms with van der Waals surface area (Å²) in [6.07, 6.45) is 4.23. The van der Waals surface area contributed by atoms with Gasteiger partial charge in [-0.25, -0.2) is 4.79 Å². The highest BCUT2D eigenvalue weighted by Gasteiger charge is 2.44. The minimum absolute atomic E-state index is 0.107. The summed E-state index contributed by atoms with van der Waals surface area (Å²) < 4.78 is 13.9. The number of H-pyrrole nitrogens is 1. The second-order valence-corrected chi connectivity index (χ2v) is 13.2. The fourth-order valence-corrected chi connectivity index (χ4v) is 5.31. The highest BCUT2D eigenvalue weighted by atomic mass is 28.4. The maximum atomic E-state index is 12.2. The first-order valence-corrected chi connectivity index (χ1v) is 12.3. The molecule has 1 aromatic rings. The predicted octanol–water partition coefficient (Wildman–Crippen LogP) is 3.51. The van der Waals surface area contributed by atoms with Gasteiger partial charge in [-0.15, -0.1) is 0 Å². The number of nitrogens with zero attached hydrogens (tertiary/aromatic N) is 1. The third-order valence-corrected chi connectivity index (χ3v) is 10.8. The molecule has 1 aliphatic heterocycles. The van der Waals surface area contributed by atoms with Crippen molar-refractivity contribution in [3.8, 4) is 0 Å². The number of hydrogen-bond acceptors (Lipinski definition) is 4. The van der Waals surface area contributed by atoms with Crippen LogP contribution in [-0.2, 0) is 9.16 Å². The molecule has 0 spiro atoms. The Labute approximate surface area is 162 Å². The van der Waals surface area contributed by atoms with Crippen molar-refractivity contribution < 1.29 is 9.16 Å². The maximum Gasteiger partial charge on any atom is 0.330 e.